The van der Waals surface area contributed by atoms with Crippen LogP contribution in [-0.4, -0.2) is 22.6 Å². The molecule has 0 unspecified atom stereocenters. The molecular formula is C8H13NO2S. The largest absolute Gasteiger partial charge is 0.481 e. The fourth-order valence-electron chi connectivity index (χ4n) is 0.775. The first-order valence-electron chi connectivity index (χ1n) is 3.94. The van der Waals surface area contributed by atoms with Gasteiger partial charge in [0.1, 0.15) is 0 Å². The number of rotatable bonds is 7. The third-order valence-corrected chi connectivity index (χ3v) is 2.26. The van der Waals surface area contributed by atoms with Gasteiger partial charge in [0.05, 0.1) is 11.8 Å². The fourth-order valence-corrected chi connectivity index (χ4v) is 1.42. The third kappa shape index (κ3) is 9.31. The van der Waals surface area contributed by atoms with Gasteiger partial charge in [-0.1, -0.05) is 6.42 Å². The zero-order valence-electron chi connectivity index (χ0n) is 6.95. The van der Waals surface area contributed by atoms with Gasteiger partial charge in [-0.25, -0.2) is 0 Å². The molecule has 0 fully saturated rings. The van der Waals surface area contributed by atoms with E-state index in [1.54, 1.807) is 11.8 Å². The van der Waals surface area contributed by atoms with E-state index in [2.05, 4.69) is 0 Å². The second-order valence-corrected chi connectivity index (χ2v) is 3.52. The molecule has 1 N–H and O–H groups in total. The smallest absolute Gasteiger partial charge is 0.303 e. The second-order valence-electron chi connectivity index (χ2n) is 2.42. The van der Waals surface area contributed by atoms with Crippen LogP contribution in [-0.2, 0) is 4.79 Å². The molecule has 0 heterocycles. The van der Waals surface area contributed by atoms with E-state index >= 15 is 0 Å². The van der Waals surface area contributed by atoms with Crippen molar-refractivity contribution >= 4 is 17.7 Å². The molecule has 0 saturated heterocycles. The molecule has 0 saturated carbocycles. The van der Waals surface area contributed by atoms with Crippen molar-refractivity contribution in [2.75, 3.05) is 11.5 Å². The van der Waals surface area contributed by atoms with Gasteiger partial charge in [-0.3, -0.25) is 4.79 Å². The Morgan fingerprint density at radius 2 is 2.17 bits per heavy atom. The number of carbonyl (C=O) groups is 1. The Morgan fingerprint density at radius 3 is 2.75 bits per heavy atom. The molecule has 0 rings (SSSR count). The van der Waals surface area contributed by atoms with Crippen molar-refractivity contribution < 1.29 is 9.90 Å². The average Bonchev–Trinajstić information content (AvgIpc) is 2.02. The standard InChI is InChI=1S/C8H13NO2S/c9-5-7-12-6-3-1-2-4-8(10)11/h1-4,6-7H2,(H,10,11). The van der Waals surface area contributed by atoms with E-state index in [0.29, 0.717) is 5.75 Å². The predicted molar refractivity (Wildman–Crippen MR) is 49.0 cm³/mol. The molecule has 68 valence electrons. The SMILES string of the molecule is N#CCSCCCCCC(=O)O. The fraction of sp³-hybridized carbons (Fsp3) is 0.750. The monoisotopic (exact) mass is 187 g/mol. The number of nitrogens with zero attached hydrogens (tertiary/aromatic N) is 1. The summed E-state index contributed by atoms with van der Waals surface area (Å²) < 4.78 is 0. The topological polar surface area (TPSA) is 61.1 Å². The van der Waals surface area contributed by atoms with E-state index in [1.807, 2.05) is 6.07 Å². The lowest BCUT2D eigenvalue weighted by Crippen LogP contribution is -1.93. The van der Waals surface area contributed by atoms with E-state index < -0.39 is 5.97 Å². The van der Waals surface area contributed by atoms with Gasteiger partial charge in [0, 0.05) is 6.42 Å². The Kier molecular flexibility index (Phi) is 7.92. The van der Waals surface area contributed by atoms with Crippen LogP contribution in [0.1, 0.15) is 25.7 Å². The van der Waals surface area contributed by atoms with Gasteiger partial charge in [-0.05, 0) is 18.6 Å². The lowest BCUT2D eigenvalue weighted by Gasteiger charge is -1.96. The van der Waals surface area contributed by atoms with Crippen LogP contribution in [0.25, 0.3) is 0 Å². The van der Waals surface area contributed by atoms with Gasteiger partial charge in [0.2, 0.25) is 0 Å². The molecule has 0 aromatic heterocycles. The molecule has 0 spiro atoms. The molecule has 0 amide bonds. The molecule has 0 aromatic carbocycles. The van der Waals surface area contributed by atoms with Crippen molar-refractivity contribution in [2.45, 2.75) is 25.7 Å². The van der Waals surface area contributed by atoms with Gasteiger partial charge in [0.15, 0.2) is 0 Å². The summed E-state index contributed by atoms with van der Waals surface area (Å²) in [6.45, 7) is 0. The zero-order valence-corrected chi connectivity index (χ0v) is 7.77. The molecule has 4 heteroatoms. The Balaban J connectivity index is 2.92. The van der Waals surface area contributed by atoms with Crippen LogP contribution < -0.4 is 0 Å². The maximum absolute atomic E-state index is 10.1. The maximum Gasteiger partial charge on any atom is 0.303 e. The highest BCUT2D eigenvalue weighted by atomic mass is 32.2. The van der Waals surface area contributed by atoms with Crippen LogP contribution in [0.15, 0.2) is 0 Å². The van der Waals surface area contributed by atoms with E-state index in [0.717, 1.165) is 25.0 Å². The van der Waals surface area contributed by atoms with Gasteiger partial charge in [-0.2, -0.15) is 5.26 Å². The molecular weight excluding hydrogens is 174 g/mol. The van der Waals surface area contributed by atoms with E-state index in [1.165, 1.54) is 0 Å². The summed E-state index contributed by atoms with van der Waals surface area (Å²) in [5, 5.41) is 16.5. The Morgan fingerprint density at radius 1 is 1.42 bits per heavy atom. The predicted octanol–water partition coefficient (Wildman–Crippen LogP) is 1.89. The maximum atomic E-state index is 10.1. The molecule has 0 aliphatic carbocycles. The van der Waals surface area contributed by atoms with E-state index in [9.17, 15) is 4.79 Å². The molecule has 0 aromatic rings. The number of thioether (sulfide) groups is 1. The first-order chi connectivity index (χ1) is 5.77. The lowest BCUT2D eigenvalue weighted by atomic mass is 10.2. The van der Waals surface area contributed by atoms with E-state index in [4.69, 9.17) is 10.4 Å². The number of aliphatic carboxylic acids is 1. The second kappa shape index (κ2) is 8.41. The molecule has 0 aliphatic heterocycles. The minimum absolute atomic E-state index is 0.267. The Hall–Kier alpha value is -0.690. The summed E-state index contributed by atoms with van der Waals surface area (Å²) in [5.74, 6) is 0.784. The van der Waals surface area contributed by atoms with Crippen molar-refractivity contribution in [3.05, 3.63) is 0 Å². The quantitative estimate of drug-likeness (QED) is 0.618. The van der Waals surface area contributed by atoms with Crippen LogP contribution in [0.5, 0.6) is 0 Å². The molecule has 0 bridgehead atoms. The number of unbranched alkanes of at least 4 members (excludes halogenated alkanes) is 2. The summed E-state index contributed by atoms with van der Waals surface area (Å²) in [5.41, 5.74) is 0. The number of carboxylic acid groups (broad SMARTS) is 1. The first kappa shape index (κ1) is 11.3. The molecule has 3 nitrogen and oxygen atoms in total. The highest BCUT2D eigenvalue weighted by molar-refractivity contribution is 7.99. The lowest BCUT2D eigenvalue weighted by molar-refractivity contribution is -0.137. The van der Waals surface area contributed by atoms with Crippen molar-refractivity contribution in [2.24, 2.45) is 0 Å². The van der Waals surface area contributed by atoms with Gasteiger partial charge < -0.3 is 5.11 Å². The summed E-state index contributed by atoms with van der Waals surface area (Å²) in [7, 11) is 0. The van der Waals surface area contributed by atoms with Gasteiger partial charge in [0.25, 0.3) is 0 Å². The molecule has 0 atom stereocenters. The minimum atomic E-state index is -0.723. The van der Waals surface area contributed by atoms with Crippen molar-refractivity contribution in [1.29, 1.82) is 5.26 Å². The van der Waals surface area contributed by atoms with Crippen LogP contribution >= 0.6 is 11.8 Å². The summed E-state index contributed by atoms with van der Waals surface area (Å²) in [6.07, 6.45) is 2.98. The third-order valence-electron chi connectivity index (χ3n) is 1.35. The van der Waals surface area contributed by atoms with Crippen LogP contribution in [0, 0.1) is 11.3 Å². The highest BCUT2D eigenvalue weighted by Crippen LogP contribution is 2.06. The summed E-state index contributed by atoms with van der Waals surface area (Å²) in [6, 6.07) is 2.05. The first-order valence-corrected chi connectivity index (χ1v) is 5.09. The van der Waals surface area contributed by atoms with E-state index in [-0.39, 0.29) is 6.42 Å². The van der Waals surface area contributed by atoms with Crippen molar-refractivity contribution in [3.8, 4) is 6.07 Å². The van der Waals surface area contributed by atoms with Gasteiger partial charge in [-0.15, -0.1) is 11.8 Å². The van der Waals surface area contributed by atoms with Crippen LogP contribution in [0.2, 0.25) is 0 Å². The summed E-state index contributed by atoms with van der Waals surface area (Å²) >= 11 is 1.60. The molecule has 12 heavy (non-hydrogen) atoms. The minimum Gasteiger partial charge on any atom is -0.481 e. The molecule has 0 aliphatic rings. The van der Waals surface area contributed by atoms with Crippen molar-refractivity contribution in [1.82, 2.24) is 0 Å². The average molecular weight is 187 g/mol. The number of hydrogen-bond acceptors (Lipinski definition) is 3. The normalized spacial score (nSPS) is 9.25. The highest BCUT2D eigenvalue weighted by Gasteiger charge is 1.95. The van der Waals surface area contributed by atoms with Crippen molar-refractivity contribution in [3.63, 3.8) is 0 Å². The van der Waals surface area contributed by atoms with Crippen LogP contribution in [0.4, 0.5) is 0 Å². The summed E-state index contributed by atoms with van der Waals surface area (Å²) in [4.78, 5) is 10.1. The Bertz CT molecular complexity index is 165. The molecule has 0 radical (unpaired) electrons. The zero-order chi connectivity index (χ0) is 9.23. The number of nitriles is 1. The van der Waals surface area contributed by atoms with Gasteiger partial charge >= 0.3 is 5.97 Å². The number of hydrogen-bond donors (Lipinski definition) is 1. The number of carboxylic acids is 1. The Labute approximate surface area is 76.8 Å². The van der Waals surface area contributed by atoms with Crippen LogP contribution in [0.3, 0.4) is 0 Å².